The molecule has 2 amide bonds. The van der Waals surface area contributed by atoms with Crippen molar-refractivity contribution in [3.8, 4) is 0 Å². The summed E-state index contributed by atoms with van der Waals surface area (Å²) in [6.45, 7) is 4.63. The third kappa shape index (κ3) is 5.98. The fourth-order valence-corrected chi connectivity index (χ4v) is 2.18. The first-order chi connectivity index (χ1) is 9.02. The fourth-order valence-electron chi connectivity index (χ4n) is 1.47. The van der Waals surface area contributed by atoms with Crippen molar-refractivity contribution < 1.29 is 9.90 Å². The molecule has 4 nitrogen and oxygen atoms in total. The van der Waals surface area contributed by atoms with E-state index in [4.69, 9.17) is 5.11 Å². The molecule has 0 radical (unpaired) electrons. The molecule has 0 saturated heterocycles. The molecule has 0 aromatic heterocycles. The molecule has 1 rings (SSSR count). The third-order valence-electron chi connectivity index (χ3n) is 2.54. The molecular weight excluding hydrogens is 260 g/mol. The lowest BCUT2D eigenvalue weighted by atomic mass is 10.2. The molecule has 0 saturated carbocycles. The number of carbonyl (C=O) groups excluding carboxylic acids is 1. The molecule has 0 spiro atoms. The van der Waals surface area contributed by atoms with Gasteiger partial charge in [-0.3, -0.25) is 0 Å². The molecule has 1 aromatic rings. The first kappa shape index (κ1) is 15.9. The van der Waals surface area contributed by atoms with Gasteiger partial charge in [-0.25, -0.2) is 4.79 Å². The minimum absolute atomic E-state index is 0.0327. The molecule has 0 heterocycles. The Balaban J connectivity index is 2.59. The van der Waals surface area contributed by atoms with E-state index in [0.717, 1.165) is 11.4 Å². The predicted octanol–water partition coefficient (Wildman–Crippen LogP) is 2.78. The lowest BCUT2D eigenvalue weighted by Gasteiger charge is -2.17. The van der Waals surface area contributed by atoms with E-state index in [2.05, 4.69) is 25.2 Å². The maximum atomic E-state index is 11.8. The van der Waals surface area contributed by atoms with Crippen molar-refractivity contribution in [2.24, 2.45) is 0 Å². The number of benzene rings is 1. The summed E-state index contributed by atoms with van der Waals surface area (Å²) in [5.41, 5.74) is 1.98. The number of nitrogens with one attached hydrogen (secondary N) is 1. The maximum Gasteiger partial charge on any atom is 0.321 e. The summed E-state index contributed by atoms with van der Waals surface area (Å²) in [4.78, 5) is 13.2. The van der Waals surface area contributed by atoms with Crippen LogP contribution in [0.25, 0.3) is 0 Å². The largest absolute Gasteiger partial charge is 0.395 e. The Morgan fingerprint density at radius 2 is 2.21 bits per heavy atom. The van der Waals surface area contributed by atoms with Crippen molar-refractivity contribution >= 4 is 23.5 Å². The first-order valence-electron chi connectivity index (χ1n) is 6.36. The van der Waals surface area contributed by atoms with Gasteiger partial charge >= 0.3 is 6.03 Å². The van der Waals surface area contributed by atoms with Crippen LogP contribution >= 0.6 is 11.8 Å². The third-order valence-corrected chi connectivity index (χ3v) is 3.71. The normalized spacial score (nSPS) is 10.6. The molecule has 0 fully saturated rings. The minimum Gasteiger partial charge on any atom is -0.395 e. The molecular formula is C14H22N2O2S. The summed E-state index contributed by atoms with van der Waals surface area (Å²) in [6.07, 6.45) is 0. The minimum atomic E-state index is -0.206. The smallest absolute Gasteiger partial charge is 0.321 e. The van der Waals surface area contributed by atoms with Crippen LogP contribution in [0.4, 0.5) is 10.5 Å². The molecule has 0 aliphatic carbocycles. The van der Waals surface area contributed by atoms with Gasteiger partial charge in [-0.05, 0) is 22.9 Å². The van der Waals surface area contributed by atoms with Crippen LogP contribution in [0.5, 0.6) is 0 Å². The number of likely N-dealkylation sites (N-methyl/N-ethyl adjacent to an activating group) is 1. The van der Waals surface area contributed by atoms with Crippen LogP contribution in [-0.4, -0.2) is 41.5 Å². The zero-order chi connectivity index (χ0) is 14.3. The van der Waals surface area contributed by atoms with Gasteiger partial charge in [0.2, 0.25) is 0 Å². The van der Waals surface area contributed by atoms with E-state index in [1.165, 1.54) is 10.5 Å². The van der Waals surface area contributed by atoms with Crippen LogP contribution in [0.1, 0.15) is 19.4 Å². The van der Waals surface area contributed by atoms with Crippen molar-refractivity contribution in [2.75, 3.05) is 25.5 Å². The van der Waals surface area contributed by atoms with Gasteiger partial charge in [-0.2, -0.15) is 11.8 Å². The first-order valence-corrected chi connectivity index (χ1v) is 7.41. The Bertz CT molecular complexity index is 410. The molecule has 106 valence electrons. The van der Waals surface area contributed by atoms with Gasteiger partial charge < -0.3 is 15.3 Å². The second-order valence-electron chi connectivity index (χ2n) is 4.64. The SMILES string of the molecule is CC(C)SCc1cccc(NC(=O)N(C)CCO)c1. The lowest BCUT2D eigenvalue weighted by Crippen LogP contribution is -2.33. The van der Waals surface area contributed by atoms with Crippen molar-refractivity contribution in [3.05, 3.63) is 29.8 Å². The number of carbonyl (C=O) groups is 1. The quantitative estimate of drug-likeness (QED) is 0.843. The number of anilines is 1. The van der Waals surface area contributed by atoms with E-state index in [-0.39, 0.29) is 12.6 Å². The van der Waals surface area contributed by atoms with Crippen molar-refractivity contribution in [1.29, 1.82) is 0 Å². The Hall–Kier alpha value is -1.20. The van der Waals surface area contributed by atoms with Crippen molar-refractivity contribution in [3.63, 3.8) is 0 Å². The average molecular weight is 282 g/mol. The molecule has 0 aliphatic heterocycles. The predicted molar refractivity (Wildman–Crippen MR) is 81.6 cm³/mol. The standard InChI is InChI=1S/C14H22N2O2S/c1-11(2)19-10-12-5-4-6-13(9-12)15-14(18)16(3)7-8-17/h4-6,9,11,17H,7-8,10H2,1-3H3,(H,15,18). The Labute approximate surface area is 119 Å². The summed E-state index contributed by atoms with van der Waals surface area (Å²) < 4.78 is 0. The van der Waals surface area contributed by atoms with Crippen molar-refractivity contribution in [2.45, 2.75) is 24.9 Å². The number of urea groups is 1. The molecule has 19 heavy (non-hydrogen) atoms. The molecule has 0 atom stereocenters. The van der Waals surface area contributed by atoms with Gasteiger partial charge in [0.15, 0.2) is 0 Å². The summed E-state index contributed by atoms with van der Waals surface area (Å²) in [7, 11) is 1.66. The molecule has 0 bridgehead atoms. The second-order valence-corrected chi connectivity index (χ2v) is 6.20. The number of thioether (sulfide) groups is 1. The van der Waals surface area contributed by atoms with Gasteiger partial charge in [-0.1, -0.05) is 26.0 Å². The summed E-state index contributed by atoms with van der Waals surface area (Å²) in [6, 6.07) is 7.65. The van der Waals surface area contributed by atoms with E-state index in [0.29, 0.717) is 11.8 Å². The van der Waals surface area contributed by atoms with Crippen LogP contribution in [0.15, 0.2) is 24.3 Å². The second kappa shape index (κ2) is 8.07. The monoisotopic (exact) mass is 282 g/mol. The topological polar surface area (TPSA) is 52.6 Å². The van der Waals surface area contributed by atoms with E-state index in [9.17, 15) is 4.79 Å². The van der Waals surface area contributed by atoms with Gasteiger partial charge in [0.1, 0.15) is 0 Å². The van der Waals surface area contributed by atoms with E-state index < -0.39 is 0 Å². The van der Waals surface area contributed by atoms with Gasteiger partial charge in [-0.15, -0.1) is 0 Å². The highest BCUT2D eigenvalue weighted by Crippen LogP contribution is 2.19. The van der Waals surface area contributed by atoms with E-state index in [1.54, 1.807) is 7.05 Å². The van der Waals surface area contributed by atoms with Crippen molar-refractivity contribution in [1.82, 2.24) is 4.90 Å². The number of nitrogens with zero attached hydrogens (tertiary/aromatic N) is 1. The lowest BCUT2D eigenvalue weighted by molar-refractivity contribution is 0.202. The Morgan fingerprint density at radius 1 is 1.47 bits per heavy atom. The highest BCUT2D eigenvalue weighted by Gasteiger charge is 2.08. The molecule has 5 heteroatoms. The molecule has 0 unspecified atom stereocenters. The number of amides is 2. The number of hydrogen-bond donors (Lipinski definition) is 2. The van der Waals surface area contributed by atoms with E-state index in [1.807, 2.05) is 30.0 Å². The average Bonchev–Trinajstić information content (AvgIpc) is 2.37. The molecule has 0 aliphatic rings. The zero-order valence-electron chi connectivity index (χ0n) is 11.7. The number of aliphatic hydroxyl groups is 1. The number of aliphatic hydroxyl groups excluding tert-OH is 1. The molecule has 2 N–H and O–H groups in total. The highest BCUT2D eigenvalue weighted by atomic mass is 32.2. The van der Waals surface area contributed by atoms with Gasteiger partial charge in [0.05, 0.1) is 6.61 Å². The van der Waals surface area contributed by atoms with Crippen LogP contribution in [0.2, 0.25) is 0 Å². The van der Waals surface area contributed by atoms with Crippen LogP contribution in [-0.2, 0) is 5.75 Å². The number of hydrogen-bond acceptors (Lipinski definition) is 3. The summed E-state index contributed by atoms with van der Waals surface area (Å²) >= 11 is 1.87. The Kier molecular flexibility index (Phi) is 6.73. The maximum absolute atomic E-state index is 11.8. The van der Waals surface area contributed by atoms with Crippen LogP contribution in [0.3, 0.4) is 0 Å². The highest BCUT2D eigenvalue weighted by molar-refractivity contribution is 7.99. The number of rotatable bonds is 6. The van der Waals surface area contributed by atoms with Gasteiger partial charge in [0, 0.05) is 25.0 Å². The summed E-state index contributed by atoms with van der Waals surface area (Å²) in [5, 5.41) is 12.2. The Morgan fingerprint density at radius 3 is 2.84 bits per heavy atom. The van der Waals surface area contributed by atoms with Crippen LogP contribution < -0.4 is 5.32 Å². The van der Waals surface area contributed by atoms with Gasteiger partial charge in [0.25, 0.3) is 0 Å². The van der Waals surface area contributed by atoms with Crippen LogP contribution in [0, 0.1) is 0 Å². The fraction of sp³-hybridized carbons (Fsp3) is 0.500. The zero-order valence-corrected chi connectivity index (χ0v) is 12.5. The summed E-state index contributed by atoms with van der Waals surface area (Å²) in [5.74, 6) is 0.938. The molecule has 1 aromatic carbocycles. The van der Waals surface area contributed by atoms with E-state index >= 15 is 0 Å².